The molecular formula is C20H27N3O3. The largest absolute Gasteiger partial charge is 0.389 e. The minimum atomic E-state index is -0.871. The number of aliphatic hydroxyl groups is 1. The number of benzene rings is 1. The van der Waals surface area contributed by atoms with Crippen molar-refractivity contribution in [1.82, 2.24) is 14.9 Å². The smallest absolute Gasteiger partial charge is 0.339 e. The molecule has 2 atom stereocenters. The molecule has 0 aromatic heterocycles. The van der Waals surface area contributed by atoms with E-state index in [1.165, 1.54) is 10.0 Å². The Hall–Kier alpha value is -2.60. The molecule has 140 valence electrons. The average Bonchev–Trinajstić information content (AvgIpc) is 2.74. The Bertz CT molecular complexity index is 647. The summed E-state index contributed by atoms with van der Waals surface area (Å²) in [5.41, 5.74) is 1.02. The molecule has 0 saturated carbocycles. The Kier molecular flexibility index (Phi) is 6.97. The van der Waals surface area contributed by atoms with Gasteiger partial charge in [0, 0.05) is 13.0 Å². The van der Waals surface area contributed by atoms with E-state index in [1.54, 1.807) is 24.0 Å². The molecular weight excluding hydrogens is 330 g/mol. The van der Waals surface area contributed by atoms with Crippen LogP contribution in [0.15, 0.2) is 55.6 Å². The standard InChI is InChI=1S/C20H27N3O3/c1-4-12-21-17(14-16-10-8-7-9-11-16)18(24)15-23(19(25)6-3)22(13-5-2)20(21)26/h4-5,7-11,17-18,24H,1-2,6,12-15H2,3H3/t17-,18-/m1/s1. The third-order valence-corrected chi connectivity index (χ3v) is 4.47. The summed E-state index contributed by atoms with van der Waals surface area (Å²) in [6, 6.07) is 8.92. The van der Waals surface area contributed by atoms with Crippen LogP contribution >= 0.6 is 0 Å². The first-order valence-electron chi connectivity index (χ1n) is 8.85. The van der Waals surface area contributed by atoms with Crippen molar-refractivity contribution in [3.63, 3.8) is 0 Å². The van der Waals surface area contributed by atoms with Gasteiger partial charge in [0.05, 0.1) is 25.2 Å². The fourth-order valence-electron chi connectivity index (χ4n) is 3.17. The van der Waals surface area contributed by atoms with Crippen molar-refractivity contribution >= 4 is 11.9 Å². The fourth-order valence-corrected chi connectivity index (χ4v) is 3.17. The van der Waals surface area contributed by atoms with Crippen LogP contribution in [0, 0.1) is 0 Å². The molecule has 0 unspecified atom stereocenters. The van der Waals surface area contributed by atoms with Crippen molar-refractivity contribution in [2.24, 2.45) is 0 Å². The maximum Gasteiger partial charge on any atom is 0.339 e. The predicted molar refractivity (Wildman–Crippen MR) is 101 cm³/mol. The molecule has 1 heterocycles. The number of amides is 3. The van der Waals surface area contributed by atoms with E-state index in [-0.39, 0.29) is 38.0 Å². The van der Waals surface area contributed by atoms with Crippen molar-refractivity contribution in [3.05, 3.63) is 61.2 Å². The van der Waals surface area contributed by atoms with Gasteiger partial charge in [-0.2, -0.15) is 0 Å². The second-order valence-electron chi connectivity index (χ2n) is 6.25. The Morgan fingerprint density at radius 2 is 1.88 bits per heavy atom. The summed E-state index contributed by atoms with van der Waals surface area (Å²) >= 11 is 0. The second-order valence-corrected chi connectivity index (χ2v) is 6.25. The van der Waals surface area contributed by atoms with Crippen LogP contribution in [0.4, 0.5) is 4.79 Å². The van der Waals surface area contributed by atoms with Gasteiger partial charge in [0.15, 0.2) is 0 Å². The number of urea groups is 1. The van der Waals surface area contributed by atoms with Crippen LogP contribution in [0.1, 0.15) is 18.9 Å². The zero-order valence-corrected chi connectivity index (χ0v) is 15.3. The molecule has 2 rings (SSSR count). The molecule has 1 aliphatic heterocycles. The van der Waals surface area contributed by atoms with E-state index in [0.29, 0.717) is 6.42 Å². The minimum absolute atomic E-state index is 0.0669. The van der Waals surface area contributed by atoms with Gasteiger partial charge in [0.25, 0.3) is 0 Å². The van der Waals surface area contributed by atoms with Crippen LogP contribution < -0.4 is 0 Å². The fraction of sp³-hybridized carbons (Fsp3) is 0.400. The summed E-state index contributed by atoms with van der Waals surface area (Å²) in [5.74, 6) is -0.210. The lowest BCUT2D eigenvalue weighted by atomic mass is 9.99. The number of aliphatic hydroxyl groups excluding tert-OH is 1. The quantitative estimate of drug-likeness (QED) is 0.761. The number of rotatable bonds is 7. The van der Waals surface area contributed by atoms with Gasteiger partial charge in [-0.05, 0) is 12.0 Å². The highest BCUT2D eigenvalue weighted by Gasteiger charge is 2.40. The molecule has 0 radical (unpaired) electrons. The third kappa shape index (κ3) is 4.32. The molecule has 0 bridgehead atoms. The highest BCUT2D eigenvalue weighted by Crippen LogP contribution is 2.22. The Labute approximate surface area is 155 Å². The first kappa shape index (κ1) is 19.7. The maximum atomic E-state index is 13.2. The summed E-state index contributed by atoms with van der Waals surface area (Å²) in [4.78, 5) is 27.1. The first-order valence-corrected chi connectivity index (χ1v) is 8.85. The van der Waals surface area contributed by atoms with E-state index in [0.717, 1.165) is 5.56 Å². The van der Waals surface area contributed by atoms with Crippen molar-refractivity contribution < 1.29 is 14.7 Å². The van der Waals surface area contributed by atoms with Gasteiger partial charge in [0.2, 0.25) is 5.91 Å². The number of carbonyl (C=O) groups is 2. The van der Waals surface area contributed by atoms with E-state index in [1.807, 2.05) is 30.3 Å². The lowest BCUT2D eigenvalue weighted by Crippen LogP contribution is -2.53. The van der Waals surface area contributed by atoms with Crippen molar-refractivity contribution in [2.45, 2.75) is 31.9 Å². The molecule has 3 amide bonds. The number of nitrogens with zero attached hydrogens (tertiary/aromatic N) is 3. The van der Waals surface area contributed by atoms with Crippen molar-refractivity contribution in [3.8, 4) is 0 Å². The van der Waals surface area contributed by atoms with Crippen molar-refractivity contribution in [2.75, 3.05) is 19.6 Å². The lowest BCUT2D eigenvalue weighted by molar-refractivity contribution is -0.145. The van der Waals surface area contributed by atoms with E-state index < -0.39 is 12.1 Å². The lowest BCUT2D eigenvalue weighted by Gasteiger charge is -2.34. The monoisotopic (exact) mass is 357 g/mol. The molecule has 6 heteroatoms. The Balaban J connectivity index is 2.40. The number of hydrogen-bond acceptors (Lipinski definition) is 3. The Morgan fingerprint density at radius 1 is 1.23 bits per heavy atom. The van der Waals surface area contributed by atoms with E-state index >= 15 is 0 Å². The highest BCUT2D eigenvalue weighted by atomic mass is 16.3. The summed E-state index contributed by atoms with van der Waals surface area (Å²) < 4.78 is 0. The number of β-amino-alcohol motifs (C(OH)–C–C–N with tert-alkyl or cyclic N) is 1. The maximum absolute atomic E-state index is 13.2. The molecule has 26 heavy (non-hydrogen) atoms. The molecule has 1 aromatic carbocycles. The van der Waals surface area contributed by atoms with Gasteiger partial charge >= 0.3 is 6.03 Å². The molecule has 0 aliphatic carbocycles. The van der Waals surface area contributed by atoms with Gasteiger partial charge < -0.3 is 10.0 Å². The van der Waals surface area contributed by atoms with Gasteiger partial charge in [-0.15, -0.1) is 13.2 Å². The van der Waals surface area contributed by atoms with Crippen LogP contribution in [0.5, 0.6) is 0 Å². The summed E-state index contributed by atoms with van der Waals surface area (Å²) in [6.07, 6.45) is 3.08. The normalized spacial score (nSPS) is 20.7. The van der Waals surface area contributed by atoms with Crippen molar-refractivity contribution in [1.29, 1.82) is 0 Å². The molecule has 1 N–H and O–H groups in total. The van der Waals surface area contributed by atoms with Gasteiger partial charge in [-0.25, -0.2) is 14.8 Å². The SMILES string of the molecule is C=CCN1C(=O)N(CC=C)N(C(=O)CC)C[C@@H](O)[C@H]1Cc1ccccc1. The summed E-state index contributed by atoms with van der Waals surface area (Å²) in [7, 11) is 0. The molecule has 1 saturated heterocycles. The second kappa shape index (κ2) is 9.20. The predicted octanol–water partition coefficient (Wildman–Crippen LogP) is 2.22. The number of hydrogen-bond donors (Lipinski definition) is 1. The van der Waals surface area contributed by atoms with E-state index in [4.69, 9.17) is 0 Å². The van der Waals surface area contributed by atoms with Crippen LogP contribution in [-0.2, 0) is 11.2 Å². The van der Waals surface area contributed by atoms with Crippen LogP contribution in [0.2, 0.25) is 0 Å². The topological polar surface area (TPSA) is 64.1 Å². The number of carbonyl (C=O) groups excluding carboxylic acids is 2. The molecule has 1 aromatic rings. The zero-order valence-electron chi connectivity index (χ0n) is 15.3. The van der Waals surface area contributed by atoms with Crippen LogP contribution in [-0.4, -0.2) is 63.7 Å². The van der Waals surface area contributed by atoms with Gasteiger partial charge in [-0.3, -0.25) is 4.79 Å². The molecule has 1 fully saturated rings. The third-order valence-electron chi connectivity index (χ3n) is 4.47. The van der Waals surface area contributed by atoms with Crippen LogP contribution in [0.25, 0.3) is 0 Å². The molecule has 6 nitrogen and oxygen atoms in total. The highest BCUT2D eigenvalue weighted by molar-refractivity contribution is 5.82. The average molecular weight is 357 g/mol. The first-order chi connectivity index (χ1) is 12.5. The van der Waals surface area contributed by atoms with Gasteiger partial charge in [0.1, 0.15) is 0 Å². The Morgan fingerprint density at radius 3 is 2.46 bits per heavy atom. The minimum Gasteiger partial charge on any atom is -0.389 e. The number of hydrazine groups is 1. The summed E-state index contributed by atoms with van der Waals surface area (Å²) in [5, 5.41) is 13.6. The van der Waals surface area contributed by atoms with E-state index in [2.05, 4.69) is 13.2 Å². The van der Waals surface area contributed by atoms with E-state index in [9.17, 15) is 14.7 Å². The molecule has 0 spiro atoms. The zero-order chi connectivity index (χ0) is 19.1. The summed E-state index contributed by atoms with van der Waals surface area (Å²) in [6.45, 7) is 9.70. The molecule has 1 aliphatic rings. The van der Waals surface area contributed by atoms with Gasteiger partial charge in [-0.1, -0.05) is 49.4 Å². The van der Waals surface area contributed by atoms with Crippen LogP contribution in [0.3, 0.4) is 0 Å².